The largest absolute Gasteiger partial charge is 0.756 e. The van der Waals surface area contributed by atoms with E-state index in [1.807, 2.05) is 28.1 Å². The van der Waals surface area contributed by atoms with E-state index in [0.29, 0.717) is 23.9 Å². The molecule has 0 saturated heterocycles. The zero-order valence-electron chi connectivity index (χ0n) is 39.8. The molecule has 0 aromatic heterocycles. The molecule has 0 aliphatic rings. The summed E-state index contributed by atoms with van der Waals surface area (Å²) in [5.41, 5.74) is 0. The SMILES string of the molecule is C/C=C/CC/C=C/CC/C=C/CCCC(O)C(O)C(COP(=O)([O-])OCC[N+](C)(C)C)NC(=O)CCCC/C=C\C/C=C\C/C=C\C/C=C\C/C=C\C/C=C\C/C=C\C/C=C\CC. The fourth-order valence-electron chi connectivity index (χ4n) is 5.78. The first-order valence-corrected chi connectivity index (χ1v) is 25.0. The number of quaternary nitrogens is 1. The van der Waals surface area contributed by atoms with E-state index < -0.39 is 32.7 Å². The Labute approximate surface area is 384 Å². The molecule has 0 spiro atoms. The normalized spacial score (nSPS) is 15.9. The summed E-state index contributed by atoms with van der Waals surface area (Å²) in [7, 11) is 1.03. The van der Waals surface area contributed by atoms with Gasteiger partial charge in [0.2, 0.25) is 5.91 Å². The van der Waals surface area contributed by atoms with Crippen molar-refractivity contribution in [3.63, 3.8) is 0 Å². The van der Waals surface area contributed by atoms with E-state index in [1.165, 1.54) is 0 Å². The Morgan fingerprint density at radius 2 is 1.02 bits per heavy atom. The number of aliphatic hydroxyl groups is 2. The lowest BCUT2D eigenvalue weighted by Gasteiger charge is -2.31. The van der Waals surface area contributed by atoms with Gasteiger partial charge in [0.1, 0.15) is 19.3 Å². The van der Waals surface area contributed by atoms with Gasteiger partial charge >= 0.3 is 0 Å². The summed E-state index contributed by atoms with van der Waals surface area (Å²) < 4.78 is 23.1. The highest BCUT2D eigenvalue weighted by atomic mass is 31.2. The van der Waals surface area contributed by atoms with Crippen LogP contribution in [-0.2, 0) is 18.4 Å². The van der Waals surface area contributed by atoms with E-state index in [0.717, 1.165) is 96.3 Å². The third-order valence-electron chi connectivity index (χ3n) is 9.52. The van der Waals surface area contributed by atoms with E-state index in [-0.39, 0.29) is 25.4 Å². The van der Waals surface area contributed by atoms with Crippen LogP contribution in [0.25, 0.3) is 0 Å². The maximum atomic E-state index is 12.9. The van der Waals surface area contributed by atoms with Gasteiger partial charge in [-0.05, 0) is 122 Å². The number of phosphoric ester groups is 1. The van der Waals surface area contributed by atoms with Crippen LogP contribution in [0, 0.1) is 0 Å². The van der Waals surface area contributed by atoms with Gasteiger partial charge in [-0.2, -0.15) is 0 Å². The van der Waals surface area contributed by atoms with Crippen molar-refractivity contribution in [2.75, 3.05) is 40.9 Å². The van der Waals surface area contributed by atoms with Crippen LogP contribution in [0.15, 0.2) is 134 Å². The highest BCUT2D eigenvalue weighted by Gasteiger charge is 2.29. The van der Waals surface area contributed by atoms with Gasteiger partial charge in [-0.15, -0.1) is 0 Å². The van der Waals surface area contributed by atoms with Crippen molar-refractivity contribution in [1.82, 2.24) is 5.32 Å². The van der Waals surface area contributed by atoms with E-state index in [2.05, 4.69) is 146 Å². The van der Waals surface area contributed by atoms with Crippen molar-refractivity contribution in [3.8, 4) is 0 Å². The molecule has 4 unspecified atom stereocenters. The molecule has 3 N–H and O–H groups in total. The molecular formula is C53H87N2O7P. The maximum absolute atomic E-state index is 12.9. The van der Waals surface area contributed by atoms with Crippen molar-refractivity contribution >= 4 is 13.7 Å². The van der Waals surface area contributed by atoms with Crippen LogP contribution in [0.3, 0.4) is 0 Å². The number of hydrogen-bond acceptors (Lipinski definition) is 7. The highest BCUT2D eigenvalue weighted by Crippen LogP contribution is 2.38. The zero-order valence-corrected chi connectivity index (χ0v) is 40.7. The van der Waals surface area contributed by atoms with E-state index in [9.17, 15) is 24.5 Å². The predicted octanol–water partition coefficient (Wildman–Crippen LogP) is 12.0. The van der Waals surface area contributed by atoms with Gasteiger partial charge < -0.3 is 34.0 Å². The fraction of sp³-hybridized carbons (Fsp3) is 0.566. The third-order valence-corrected chi connectivity index (χ3v) is 10.5. The number of carbonyl (C=O) groups excluding carboxylic acids is 1. The van der Waals surface area contributed by atoms with E-state index >= 15 is 0 Å². The minimum atomic E-state index is -4.70. The van der Waals surface area contributed by atoms with E-state index in [4.69, 9.17) is 9.05 Å². The number of allylic oxidation sites excluding steroid dienone is 22. The van der Waals surface area contributed by atoms with Gasteiger partial charge in [0.25, 0.3) is 7.82 Å². The van der Waals surface area contributed by atoms with Gasteiger partial charge in [-0.1, -0.05) is 141 Å². The summed E-state index contributed by atoms with van der Waals surface area (Å²) in [5, 5.41) is 24.5. The zero-order chi connectivity index (χ0) is 46.5. The summed E-state index contributed by atoms with van der Waals surface area (Å²) in [6.07, 6.45) is 60.9. The number of carbonyl (C=O) groups is 1. The molecule has 0 bridgehead atoms. The predicted molar refractivity (Wildman–Crippen MR) is 266 cm³/mol. The fourth-order valence-corrected chi connectivity index (χ4v) is 6.50. The van der Waals surface area contributed by atoms with Crippen LogP contribution in [0.5, 0.6) is 0 Å². The summed E-state index contributed by atoms with van der Waals surface area (Å²) in [6.45, 7) is 4.00. The van der Waals surface area contributed by atoms with Gasteiger partial charge in [-0.25, -0.2) is 0 Å². The number of phosphoric acid groups is 1. The standard InChI is InChI=1S/C53H87N2O7P/c1-6-8-10-12-14-16-18-20-21-22-23-24-25-26-27-28-29-30-31-32-33-34-36-38-40-42-44-46-52(57)54-50(49-62-63(59,60)61-48-47-55(3,4)5)53(58)51(56)45-43-41-39-37-35-19-17-15-13-11-9-7-2/h7-10,14-17,20-21,23-24,26-27,29-30,32-33,36-39,50-51,53,56,58H,6,11-13,18-19,22,25,28,31,34-35,40-49H2,1-5H3,(H-,54,57,59,60)/b9-7+,10-8-,16-14-,17-15+,21-20-,24-23-,27-26-,30-29-,33-32-,38-36-,39-37+. The van der Waals surface area contributed by atoms with Crippen LogP contribution < -0.4 is 10.2 Å². The minimum Gasteiger partial charge on any atom is -0.756 e. The van der Waals surface area contributed by atoms with Crippen LogP contribution in [0.1, 0.15) is 136 Å². The third kappa shape index (κ3) is 43.6. The average molecular weight is 895 g/mol. The van der Waals surface area contributed by atoms with Crippen molar-refractivity contribution < 1.29 is 38.0 Å². The molecule has 4 atom stereocenters. The molecule has 0 aromatic rings. The molecule has 9 nitrogen and oxygen atoms in total. The minimum absolute atomic E-state index is 0.0676. The lowest BCUT2D eigenvalue weighted by Crippen LogP contribution is -2.51. The summed E-state index contributed by atoms with van der Waals surface area (Å²) in [5.74, 6) is -0.346. The summed E-state index contributed by atoms with van der Waals surface area (Å²) >= 11 is 0. The van der Waals surface area contributed by atoms with E-state index in [1.54, 1.807) is 0 Å². The Kier molecular flexibility index (Phi) is 40.2. The highest BCUT2D eigenvalue weighted by molar-refractivity contribution is 7.45. The number of aliphatic hydroxyl groups excluding tert-OH is 2. The first-order chi connectivity index (χ1) is 30.4. The second-order valence-electron chi connectivity index (χ2n) is 16.5. The molecular weight excluding hydrogens is 808 g/mol. The first kappa shape index (κ1) is 59.6. The number of nitrogens with zero attached hydrogens (tertiary/aromatic N) is 1. The Balaban J connectivity index is 4.55. The molecule has 0 fully saturated rings. The Morgan fingerprint density at radius 1 is 0.603 bits per heavy atom. The van der Waals surface area contributed by atoms with Crippen LogP contribution in [0.4, 0.5) is 0 Å². The average Bonchev–Trinajstić information content (AvgIpc) is 3.24. The Hall–Kier alpha value is -3.40. The van der Waals surface area contributed by atoms with Crippen molar-refractivity contribution in [3.05, 3.63) is 134 Å². The molecule has 0 saturated carbocycles. The second kappa shape index (κ2) is 42.5. The van der Waals surface area contributed by atoms with Crippen LogP contribution >= 0.6 is 7.82 Å². The smallest absolute Gasteiger partial charge is 0.268 e. The number of unbranched alkanes of at least 4 members (excludes halogenated alkanes) is 5. The van der Waals surface area contributed by atoms with Crippen molar-refractivity contribution in [2.24, 2.45) is 0 Å². The summed E-state index contributed by atoms with van der Waals surface area (Å²) in [6, 6.07) is -1.13. The summed E-state index contributed by atoms with van der Waals surface area (Å²) in [4.78, 5) is 25.4. The number of nitrogens with one attached hydrogen (secondary N) is 1. The molecule has 0 rings (SSSR count). The monoisotopic (exact) mass is 895 g/mol. The number of amides is 1. The molecule has 0 radical (unpaired) electrons. The van der Waals surface area contributed by atoms with Gasteiger partial charge in [0, 0.05) is 6.42 Å². The molecule has 63 heavy (non-hydrogen) atoms. The topological polar surface area (TPSA) is 128 Å². The second-order valence-corrected chi connectivity index (χ2v) is 17.9. The number of rotatable bonds is 40. The molecule has 0 aromatic carbocycles. The number of likely N-dealkylation sites (N-methyl/N-ethyl adjacent to an activating group) is 1. The van der Waals surface area contributed by atoms with Crippen LogP contribution in [-0.4, -0.2) is 79.8 Å². The van der Waals surface area contributed by atoms with Gasteiger partial charge in [0.05, 0.1) is 39.9 Å². The van der Waals surface area contributed by atoms with Gasteiger partial charge in [0.15, 0.2) is 0 Å². The lowest BCUT2D eigenvalue weighted by molar-refractivity contribution is -0.870. The molecule has 0 aliphatic heterocycles. The lowest BCUT2D eigenvalue weighted by atomic mass is 10.0. The molecule has 356 valence electrons. The van der Waals surface area contributed by atoms with Gasteiger partial charge in [-0.3, -0.25) is 9.36 Å². The first-order valence-electron chi connectivity index (χ1n) is 23.6. The Bertz CT molecular complexity index is 1500. The molecule has 1 amide bonds. The molecule has 10 heteroatoms. The van der Waals surface area contributed by atoms with Crippen molar-refractivity contribution in [1.29, 1.82) is 0 Å². The maximum Gasteiger partial charge on any atom is 0.268 e. The van der Waals surface area contributed by atoms with Crippen molar-refractivity contribution in [2.45, 2.75) is 154 Å². The molecule has 0 aliphatic carbocycles. The number of hydrogen-bond donors (Lipinski definition) is 3. The van der Waals surface area contributed by atoms with Crippen LogP contribution in [0.2, 0.25) is 0 Å². The molecule has 0 heterocycles. The Morgan fingerprint density at radius 3 is 1.48 bits per heavy atom. The quantitative estimate of drug-likeness (QED) is 0.0242.